The van der Waals surface area contributed by atoms with E-state index < -0.39 is 4.92 Å². The zero-order chi connectivity index (χ0) is 11.7. The minimum Gasteiger partial charge on any atom is -0.358 e. The van der Waals surface area contributed by atoms with Gasteiger partial charge in [-0.05, 0) is 16.4 Å². The lowest BCUT2D eigenvalue weighted by molar-refractivity contribution is -0.391. The van der Waals surface area contributed by atoms with Crippen LogP contribution in [0.2, 0.25) is 0 Å². The van der Waals surface area contributed by atoms with Crippen molar-refractivity contribution in [3.8, 4) is 0 Å². The molecule has 0 aromatic carbocycles. The first kappa shape index (κ1) is 10.5. The quantitative estimate of drug-likeness (QED) is 0.461. The molecule has 0 saturated carbocycles. The Labute approximate surface area is 94.3 Å². The van der Waals surface area contributed by atoms with Crippen molar-refractivity contribution in [1.29, 1.82) is 0 Å². The molecule has 0 aliphatic carbocycles. The number of carbonyl (C=O) groups is 1. The maximum absolute atomic E-state index is 11.9. The van der Waals surface area contributed by atoms with Crippen LogP contribution in [0.4, 0.5) is 5.82 Å². The van der Waals surface area contributed by atoms with Crippen LogP contribution in [0, 0.1) is 10.1 Å². The minimum atomic E-state index is -0.571. The number of rotatable bonds is 3. The number of thiophene rings is 1. The molecule has 0 amide bonds. The fourth-order valence-corrected chi connectivity index (χ4v) is 1.96. The van der Waals surface area contributed by atoms with E-state index >= 15 is 0 Å². The first-order chi connectivity index (χ1) is 7.61. The highest BCUT2D eigenvalue weighted by Gasteiger charge is 2.24. The van der Waals surface area contributed by atoms with E-state index in [9.17, 15) is 14.9 Å². The molecule has 2 aromatic rings. The summed E-state index contributed by atoms with van der Waals surface area (Å²) in [6.45, 7) is 0. The van der Waals surface area contributed by atoms with Crippen LogP contribution in [0.25, 0.3) is 0 Å². The Morgan fingerprint density at radius 3 is 2.88 bits per heavy atom. The standard InChI is InChI=1S/C9H7N3O3S/c1-11-7(12(14)15)5-10-9(11)8(13)6-3-2-4-16-6/h2-5H,1H3. The molecule has 0 bridgehead atoms. The average molecular weight is 237 g/mol. The van der Waals surface area contributed by atoms with E-state index in [1.807, 2.05) is 0 Å². The number of nitrogens with zero attached hydrogens (tertiary/aromatic N) is 3. The first-order valence-corrected chi connectivity index (χ1v) is 5.23. The Hall–Kier alpha value is -2.02. The molecule has 2 heterocycles. The molecule has 7 heteroatoms. The Balaban J connectivity index is 2.43. The molecular formula is C9H7N3O3S. The van der Waals surface area contributed by atoms with E-state index in [0.717, 1.165) is 6.20 Å². The summed E-state index contributed by atoms with van der Waals surface area (Å²) in [5.74, 6) is -0.417. The van der Waals surface area contributed by atoms with Crippen LogP contribution in [0.1, 0.15) is 15.5 Å². The van der Waals surface area contributed by atoms with Crippen molar-refractivity contribution in [3.63, 3.8) is 0 Å². The van der Waals surface area contributed by atoms with Crippen molar-refractivity contribution in [2.45, 2.75) is 0 Å². The molecule has 0 N–H and O–H groups in total. The van der Waals surface area contributed by atoms with Gasteiger partial charge in [0.05, 0.1) is 11.9 Å². The molecule has 0 spiro atoms. The number of imidazole rings is 1. The molecule has 2 aromatic heterocycles. The summed E-state index contributed by atoms with van der Waals surface area (Å²) in [4.78, 5) is 26.2. The molecule has 16 heavy (non-hydrogen) atoms. The summed E-state index contributed by atoms with van der Waals surface area (Å²) in [5, 5.41) is 12.3. The Morgan fingerprint density at radius 1 is 1.62 bits per heavy atom. The number of aromatic nitrogens is 2. The molecule has 0 aliphatic rings. The van der Waals surface area contributed by atoms with Crippen molar-refractivity contribution in [3.05, 3.63) is 44.5 Å². The summed E-state index contributed by atoms with van der Waals surface area (Å²) < 4.78 is 1.18. The van der Waals surface area contributed by atoms with Crippen molar-refractivity contribution >= 4 is 22.9 Å². The van der Waals surface area contributed by atoms with Crippen LogP contribution >= 0.6 is 11.3 Å². The van der Waals surface area contributed by atoms with Gasteiger partial charge in [0.25, 0.3) is 11.6 Å². The maximum Gasteiger partial charge on any atom is 0.343 e. The lowest BCUT2D eigenvalue weighted by atomic mass is 10.3. The van der Waals surface area contributed by atoms with Crippen molar-refractivity contribution in [2.24, 2.45) is 7.05 Å². The zero-order valence-electron chi connectivity index (χ0n) is 8.28. The van der Waals surface area contributed by atoms with Gasteiger partial charge in [0.15, 0.2) is 0 Å². The van der Waals surface area contributed by atoms with Crippen LogP contribution in [0.5, 0.6) is 0 Å². The van der Waals surface area contributed by atoms with Crippen LogP contribution in [0.15, 0.2) is 23.7 Å². The molecule has 82 valence electrons. The smallest absolute Gasteiger partial charge is 0.343 e. The van der Waals surface area contributed by atoms with Gasteiger partial charge in [0.2, 0.25) is 0 Å². The lowest BCUT2D eigenvalue weighted by Gasteiger charge is -1.96. The fourth-order valence-electron chi connectivity index (χ4n) is 1.30. The molecule has 2 rings (SSSR count). The van der Waals surface area contributed by atoms with Crippen LogP contribution in [-0.2, 0) is 7.05 Å². The molecule has 0 unspecified atom stereocenters. The van der Waals surface area contributed by atoms with Gasteiger partial charge in [-0.2, -0.15) is 0 Å². The molecule has 0 saturated heterocycles. The van der Waals surface area contributed by atoms with Crippen molar-refractivity contribution in [2.75, 3.05) is 0 Å². The Bertz CT molecular complexity index is 544. The van der Waals surface area contributed by atoms with Crippen LogP contribution in [-0.4, -0.2) is 20.3 Å². The van der Waals surface area contributed by atoms with Crippen LogP contribution in [0.3, 0.4) is 0 Å². The summed E-state index contributed by atoms with van der Waals surface area (Å²) >= 11 is 1.28. The Morgan fingerprint density at radius 2 is 2.38 bits per heavy atom. The molecular weight excluding hydrogens is 230 g/mol. The summed E-state index contributed by atoms with van der Waals surface area (Å²) in [6.07, 6.45) is 1.08. The van der Waals surface area contributed by atoms with Crippen molar-refractivity contribution in [1.82, 2.24) is 9.55 Å². The highest BCUT2D eigenvalue weighted by Crippen LogP contribution is 2.17. The largest absolute Gasteiger partial charge is 0.358 e. The monoisotopic (exact) mass is 237 g/mol. The van der Waals surface area contributed by atoms with E-state index in [4.69, 9.17) is 0 Å². The Kier molecular flexibility index (Phi) is 2.53. The van der Waals surface area contributed by atoms with Crippen LogP contribution < -0.4 is 0 Å². The van der Waals surface area contributed by atoms with E-state index in [0.29, 0.717) is 4.88 Å². The normalized spacial score (nSPS) is 10.3. The third-order valence-corrected chi connectivity index (χ3v) is 2.97. The highest BCUT2D eigenvalue weighted by atomic mass is 32.1. The first-order valence-electron chi connectivity index (χ1n) is 4.35. The molecule has 0 atom stereocenters. The number of carbonyl (C=O) groups excluding carboxylic acids is 1. The lowest BCUT2D eigenvalue weighted by Crippen LogP contribution is -2.08. The zero-order valence-corrected chi connectivity index (χ0v) is 9.10. The third kappa shape index (κ3) is 1.61. The maximum atomic E-state index is 11.9. The highest BCUT2D eigenvalue weighted by molar-refractivity contribution is 7.12. The fraction of sp³-hybridized carbons (Fsp3) is 0.111. The summed E-state index contributed by atoms with van der Waals surface area (Å²) in [6, 6.07) is 3.41. The summed E-state index contributed by atoms with van der Waals surface area (Å²) in [7, 11) is 1.45. The predicted molar refractivity (Wildman–Crippen MR) is 57.6 cm³/mol. The SMILES string of the molecule is Cn1c([N+](=O)[O-])cnc1C(=O)c1cccs1. The molecule has 0 fully saturated rings. The summed E-state index contributed by atoms with van der Waals surface area (Å²) in [5.41, 5.74) is 0. The topological polar surface area (TPSA) is 78.0 Å². The second-order valence-corrected chi connectivity index (χ2v) is 4.01. The molecule has 0 radical (unpaired) electrons. The minimum absolute atomic E-state index is 0.0779. The van der Waals surface area contributed by atoms with E-state index in [2.05, 4.69) is 4.98 Å². The number of hydrogen-bond donors (Lipinski definition) is 0. The van der Waals surface area contributed by atoms with Crippen molar-refractivity contribution < 1.29 is 9.72 Å². The second kappa shape index (κ2) is 3.86. The van der Waals surface area contributed by atoms with Gasteiger partial charge in [-0.3, -0.25) is 4.79 Å². The van der Waals surface area contributed by atoms with Gasteiger partial charge in [-0.1, -0.05) is 6.07 Å². The van der Waals surface area contributed by atoms with Gasteiger partial charge >= 0.3 is 5.82 Å². The predicted octanol–water partition coefficient (Wildman–Crippen LogP) is 1.62. The second-order valence-electron chi connectivity index (χ2n) is 3.06. The van der Waals surface area contributed by atoms with Gasteiger partial charge < -0.3 is 10.1 Å². The van der Waals surface area contributed by atoms with E-state index in [1.54, 1.807) is 17.5 Å². The number of hydrogen-bond acceptors (Lipinski definition) is 5. The third-order valence-electron chi connectivity index (χ3n) is 2.10. The average Bonchev–Trinajstić information content (AvgIpc) is 2.84. The molecule has 0 aliphatic heterocycles. The van der Waals surface area contributed by atoms with Gasteiger partial charge in [0, 0.05) is 0 Å². The van der Waals surface area contributed by atoms with Gasteiger partial charge in [0.1, 0.15) is 6.20 Å². The van der Waals surface area contributed by atoms with Gasteiger partial charge in [-0.15, -0.1) is 11.3 Å². The van der Waals surface area contributed by atoms with E-state index in [1.165, 1.54) is 23.0 Å². The van der Waals surface area contributed by atoms with E-state index in [-0.39, 0.29) is 17.4 Å². The number of ketones is 1. The number of nitro groups is 1. The van der Waals surface area contributed by atoms with Gasteiger partial charge in [-0.25, -0.2) is 9.55 Å². The molecule has 6 nitrogen and oxygen atoms in total.